The molecule has 0 fully saturated rings. The molecule has 112 valence electrons. The number of anilines is 1. The van der Waals surface area contributed by atoms with Gasteiger partial charge in [-0.05, 0) is 48.4 Å². The molecule has 2 rings (SSSR count). The molecule has 0 spiro atoms. The van der Waals surface area contributed by atoms with E-state index in [9.17, 15) is 13.2 Å². The molecule has 0 amide bonds. The molecule has 0 heterocycles. The summed E-state index contributed by atoms with van der Waals surface area (Å²) >= 11 is 5.97. The van der Waals surface area contributed by atoms with Gasteiger partial charge in [-0.3, -0.25) is 0 Å². The molecule has 0 aliphatic carbocycles. The Labute approximate surface area is 125 Å². The summed E-state index contributed by atoms with van der Waals surface area (Å²) in [6.45, 7) is 1.90. The third-order valence-electron chi connectivity index (χ3n) is 2.93. The number of rotatable bonds is 3. The van der Waals surface area contributed by atoms with Crippen LogP contribution in [0.3, 0.4) is 0 Å². The van der Waals surface area contributed by atoms with Crippen molar-refractivity contribution in [1.29, 1.82) is 0 Å². The van der Waals surface area contributed by atoms with Gasteiger partial charge in [0.1, 0.15) is 17.1 Å². The van der Waals surface area contributed by atoms with E-state index < -0.39 is 11.7 Å². The first-order valence-electron chi connectivity index (χ1n) is 6.24. The molecule has 0 aliphatic heterocycles. The number of aryl methyl sites for hydroxylation is 1. The Morgan fingerprint density at radius 1 is 1.14 bits per heavy atom. The first kappa shape index (κ1) is 15.5. The molecule has 0 unspecified atom stereocenters. The topological polar surface area (TPSA) is 35.2 Å². The second kappa shape index (κ2) is 5.85. The monoisotopic (exact) mass is 315 g/mol. The van der Waals surface area contributed by atoms with Crippen LogP contribution in [-0.4, -0.2) is 0 Å². The molecule has 0 atom stereocenters. The molecule has 2 aromatic carbocycles. The van der Waals surface area contributed by atoms with Gasteiger partial charge in [0.25, 0.3) is 0 Å². The van der Waals surface area contributed by atoms with Crippen LogP contribution in [0.25, 0.3) is 0 Å². The summed E-state index contributed by atoms with van der Waals surface area (Å²) in [4.78, 5) is 0. The van der Waals surface area contributed by atoms with E-state index in [1.807, 2.05) is 6.92 Å². The van der Waals surface area contributed by atoms with Gasteiger partial charge in [0.05, 0.1) is 0 Å². The average molecular weight is 316 g/mol. The zero-order valence-corrected chi connectivity index (χ0v) is 11.9. The molecular formula is C15H13ClF3NO. The molecule has 21 heavy (non-hydrogen) atoms. The van der Waals surface area contributed by atoms with Gasteiger partial charge in [-0.2, -0.15) is 13.2 Å². The Bertz CT molecular complexity index is 656. The molecule has 0 aliphatic rings. The minimum absolute atomic E-state index is 0.0278. The number of nitrogen functional groups attached to an aromatic ring is 1. The highest BCUT2D eigenvalue weighted by Gasteiger charge is 2.34. The van der Waals surface area contributed by atoms with E-state index in [0.29, 0.717) is 17.2 Å². The summed E-state index contributed by atoms with van der Waals surface area (Å²) in [5.74, 6) is 0.00703. The van der Waals surface area contributed by atoms with Gasteiger partial charge in [0.2, 0.25) is 0 Å². The van der Waals surface area contributed by atoms with Gasteiger partial charge in [0.15, 0.2) is 0 Å². The van der Waals surface area contributed by atoms with E-state index >= 15 is 0 Å². The number of hydrogen-bond acceptors (Lipinski definition) is 2. The van der Waals surface area contributed by atoms with Crippen molar-refractivity contribution in [2.75, 3.05) is 5.73 Å². The van der Waals surface area contributed by atoms with Crippen LogP contribution in [0.5, 0.6) is 11.5 Å². The van der Waals surface area contributed by atoms with Crippen molar-refractivity contribution >= 4 is 17.3 Å². The van der Waals surface area contributed by atoms with Crippen molar-refractivity contribution in [3.63, 3.8) is 0 Å². The molecule has 6 heteroatoms. The Balaban J connectivity index is 2.40. The van der Waals surface area contributed by atoms with Crippen LogP contribution in [0.4, 0.5) is 18.9 Å². The van der Waals surface area contributed by atoms with Crippen LogP contribution in [0.2, 0.25) is 5.02 Å². The minimum atomic E-state index is -4.54. The molecule has 0 aromatic heterocycles. The number of halogens is 4. The highest BCUT2D eigenvalue weighted by atomic mass is 35.5. The Morgan fingerprint density at radius 2 is 1.86 bits per heavy atom. The highest BCUT2D eigenvalue weighted by molar-refractivity contribution is 6.31. The number of alkyl halides is 3. The minimum Gasteiger partial charge on any atom is -0.457 e. The fourth-order valence-electron chi connectivity index (χ4n) is 1.87. The molecule has 2 aromatic rings. The van der Waals surface area contributed by atoms with E-state index in [0.717, 1.165) is 11.6 Å². The summed E-state index contributed by atoms with van der Waals surface area (Å²) < 4.78 is 44.3. The third kappa shape index (κ3) is 3.61. The van der Waals surface area contributed by atoms with Crippen LogP contribution in [0, 0.1) is 0 Å². The standard InChI is InChI=1S/C15H13ClF3NO/c1-2-9-7-11(4-5-13(9)16)21-14-6-3-10(20)8-12(14)15(17,18)19/h3-8H,2,20H2,1H3. The first-order valence-corrected chi connectivity index (χ1v) is 6.62. The van der Waals surface area contributed by atoms with Crippen LogP contribution in [-0.2, 0) is 12.6 Å². The lowest BCUT2D eigenvalue weighted by Gasteiger charge is -2.15. The smallest absolute Gasteiger partial charge is 0.420 e. The fraction of sp³-hybridized carbons (Fsp3) is 0.200. The second-order valence-electron chi connectivity index (χ2n) is 4.46. The highest BCUT2D eigenvalue weighted by Crippen LogP contribution is 2.39. The van der Waals surface area contributed by atoms with E-state index in [1.165, 1.54) is 18.2 Å². The summed E-state index contributed by atoms with van der Waals surface area (Å²) in [5, 5.41) is 0.554. The SMILES string of the molecule is CCc1cc(Oc2ccc(N)cc2C(F)(F)F)ccc1Cl. The quantitative estimate of drug-likeness (QED) is 0.780. The van der Waals surface area contributed by atoms with Gasteiger partial charge in [0, 0.05) is 10.7 Å². The number of hydrogen-bond donors (Lipinski definition) is 1. The van der Waals surface area contributed by atoms with Crippen LogP contribution in [0.1, 0.15) is 18.1 Å². The maximum absolute atomic E-state index is 13.0. The second-order valence-corrected chi connectivity index (χ2v) is 4.87. The first-order chi connectivity index (χ1) is 9.81. The Hall–Kier alpha value is -1.88. The Morgan fingerprint density at radius 3 is 2.48 bits per heavy atom. The molecule has 0 saturated heterocycles. The largest absolute Gasteiger partial charge is 0.457 e. The van der Waals surface area contributed by atoms with Crippen LogP contribution >= 0.6 is 11.6 Å². The molecule has 0 radical (unpaired) electrons. The van der Waals surface area contributed by atoms with Crippen molar-refractivity contribution in [1.82, 2.24) is 0 Å². The fourth-order valence-corrected chi connectivity index (χ4v) is 2.12. The lowest BCUT2D eigenvalue weighted by atomic mass is 10.1. The normalized spacial score (nSPS) is 11.5. The van der Waals surface area contributed by atoms with Gasteiger partial charge < -0.3 is 10.5 Å². The van der Waals surface area contributed by atoms with Gasteiger partial charge in [-0.1, -0.05) is 18.5 Å². The molecular weight excluding hydrogens is 303 g/mol. The summed E-state index contributed by atoms with van der Waals surface area (Å²) in [5.41, 5.74) is 5.33. The molecule has 2 nitrogen and oxygen atoms in total. The van der Waals surface area contributed by atoms with Crippen LogP contribution in [0.15, 0.2) is 36.4 Å². The van der Waals surface area contributed by atoms with Gasteiger partial charge >= 0.3 is 6.18 Å². The lowest BCUT2D eigenvalue weighted by molar-refractivity contribution is -0.138. The summed E-state index contributed by atoms with van der Waals surface area (Å²) in [6.07, 6.45) is -3.88. The van der Waals surface area contributed by atoms with Crippen molar-refractivity contribution in [2.24, 2.45) is 0 Å². The zero-order chi connectivity index (χ0) is 15.6. The van der Waals surface area contributed by atoms with E-state index in [1.54, 1.807) is 12.1 Å². The zero-order valence-electron chi connectivity index (χ0n) is 11.2. The summed E-state index contributed by atoms with van der Waals surface area (Å²) in [6, 6.07) is 8.17. The number of ether oxygens (including phenoxy) is 1. The Kier molecular flexibility index (Phi) is 4.32. The third-order valence-corrected chi connectivity index (χ3v) is 3.30. The number of nitrogens with two attached hydrogens (primary N) is 1. The van der Waals surface area contributed by atoms with E-state index in [2.05, 4.69) is 0 Å². The maximum atomic E-state index is 13.0. The van der Waals surface area contributed by atoms with Gasteiger partial charge in [-0.15, -0.1) is 0 Å². The van der Waals surface area contributed by atoms with Crippen molar-refractivity contribution < 1.29 is 17.9 Å². The van der Waals surface area contributed by atoms with E-state index in [4.69, 9.17) is 22.1 Å². The predicted octanol–water partition coefficient (Wildman–Crippen LogP) is 5.30. The lowest BCUT2D eigenvalue weighted by Crippen LogP contribution is -2.08. The number of benzene rings is 2. The van der Waals surface area contributed by atoms with Gasteiger partial charge in [-0.25, -0.2) is 0 Å². The average Bonchev–Trinajstić information content (AvgIpc) is 2.41. The van der Waals surface area contributed by atoms with Crippen LogP contribution < -0.4 is 10.5 Å². The van der Waals surface area contributed by atoms with Crippen molar-refractivity contribution in [3.8, 4) is 11.5 Å². The predicted molar refractivity (Wildman–Crippen MR) is 76.8 cm³/mol. The van der Waals surface area contributed by atoms with Crippen molar-refractivity contribution in [2.45, 2.75) is 19.5 Å². The molecule has 0 saturated carbocycles. The summed E-state index contributed by atoms with van der Waals surface area (Å²) in [7, 11) is 0. The molecule has 2 N–H and O–H groups in total. The van der Waals surface area contributed by atoms with E-state index in [-0.39, 0.29) is 11.4 Å². The maximum Gasteiger partial charge on any atom is 0.420 e. The van der Waals surface area contributed by atoms with Crippen molar-refractivity contribution in [3.05, 3.63) is 52.5 Å². The molecule has 0 bridgehead atoms.